The highest BCUT2D eigenvalue weighted by atomic mass is 19.1. The van der Waals surface area contributed by atoms with Crippen LogP contribution in [-0.4, -0.2) is 35.5 Å². The Morgan fingerprint density at radius 3 is 2.60 bits per heavy atom. The summed E-state index contributed by atoms with van der Waals surface area (Å²) in [6.45, 7) is 4.76. The van der Waals surface area contributed by atoms with Crippen molar-refractivity contribution in [3.63, 3.8) is 0 Å². The van der Waals surface area contributed by atoms with Gasteiger partial charge in [0, 0.05) is 24.8 Å². The molecule has 1 fully saturated rings. The van der Waals surface area contributed by atoms with Gasteiger partial charge in [0.15, 0.2) is 5.96 Å². The molecule has 130 valence electrons. The van der Waals surface area contributed by atoms with Gasteiger partial charge >= 0.3 is 0 Å². The van der Waals surface area contributed by atoms with Gasteiger partial charge in [-0.25, -0.2) is 4.39 Å². The number of anilines is 1. The van der Waals surface area contributed by atoms with Crippen LogP contribution in [0.2, 0.25) is 0 Å². The van der Waals surface area contributed by atoms with Crippen LogP contribution in [0.4, 0.5) is 10.1 Å². The summed E-state index contributed by atoms with van der Waals surface area (Å²) in [7, 11) is 0. The number of rotatable bonds is 3. The summed E-state index contributed by atoms with van der Waals surface area (Å²) in [5.74, 6) is 0.290. The topological polar surface area (TPSA) is 44.9 Å². The first kappa shape index (κ1) is 16.1. The summed E-state index contributed by atoms with van der Waals surface area (Å²) in [4.78, 5) is 9.12. The fraction of sp³-hybridized carbons (Fsp3) is 0.350. The average Bonchev–Trinajstić information content (AvgIpc) is 3.09. The number of nitrogens with two attached hydrogens (primary N) is 1. The molecule has 0 aliphatic carbocycles. The molecule has 4 nitrogen and oxygen atoms in total. The molecule has 1 saturated heterocycles. The molecule has 2 aliphatic rings. The Bertz CT molecular complexity index is 774. The van der Waals surface area contributed by atoms with Gasteiger partial charge in [0.1, 0.15) is 5.82 Å². The Morgan fingerprint density at radius 1 is 1.16 bits per heavy atom. The number of aliphatic imine (C=N–C) groups is 1. The maximum absolute atomic E-state index is 13.3. The highest BCUT2D eigenvalue weighted by molar-refractivity contribution is 5.98. The number of halogens is 1. The van der Waals surface area contributed by atoms with E-state index in [1.54, 1.807) is 12.1 Å². The Kier molecular flexibility index (Phi) is 3.96. The third-order valence-electron chi connectivity index (χ3n) is 5.35. The summed E-state index contributed by atoms with van der Waals surface area (Å²) >= 11 is 0. The third kappa shape index (κ3) is 2.89. The summed E-state index contributed by atoms with van der Waals surface area (Å²) in [5.41, 5.74) is 8.29. The highest BCUT2D eigenvalue weighted by Gasteiger charge is 2.50. The maximum atomic E-state index is 13.3. The normalized spacial score (nSPS) is 26.4. The molecular weight excluding hydrogens is 315 g/mol. The molecule has 2 N–H and O–H groups in total. The SMILES string of the molecule is CC1CC2(CN=C(N)N2c2ccc(F)cc2)CN1Cc1ccccc1. The molecule has 2 atom stereocenters. The van der Waals surface area contributed by atoms with Crippen molar-refractivity contribution < 1.29 is 4.39 Å². The first-order valence-corrected chi connectivity index (χ1v) is 8.71. The van der Waals surface area contributed by atoms with Crippen LogP contribution in [0.5, 0.6) is 0 Å². The maximum Gasteiger partial charge on any atom is 0.196 e. The van der Waals surface area contributed by atoms with Gasteiger partial charge in [-0.15, -0.1) is 0 Å². The standard InChI is InChI=1S/C20H23FN4/c1-15-11-20(14-24(15)12-16-5-3-2-4-6-16)13-23-19(22)25(20)18-9-7-17(21)8-10-18/h2-10,15H,11-14H2,1H3,(H2,22,23). The molecule has 0 bridgehead atoms. The zero-order chi connectivity index (χ0) is 17.4. The van der Waals surface area contributed by atoms with Crippen LogP contribution in [0.15, 0.2) is 59.6 Å². The summed E-state index contributed by atoms with van der Waals surface area (Å²) in [6.07, 6.45) is 0.988. The number of hydrogen-bond donors (Lipinski definition) is 1. The largest absolute Gasteiger partial charge is 0.369 e. The van der Waals surface area contributed by atoms with Crippen molar-refractivity contribution in [2.24, 2.45) is 10.7 Å². The smallest absolute Gasteiger partial charge is 0.196 e. The lowest BCUT2D eigenvalue weighted by Crippen LogP contribution is -2.53. The van der Waals surface area contributed by atoms with Crippen LogP contribution >= 0.6 is 0 Å². The number of hydrogen-bond acceptors (Lipinski definition) is 4. The molecule has 25 heavy (non-hydrogen) atoms. The molecule has 0 radical (unpaired) electrons. The van der Waals surface area contributed by atoms with Crippen LogP contribution < -0.4 is 10.6 Å². The van der Waals surface area contributed by atoms with Crippen molar-refractivity contribution >= 4 is 11.6 Å². The van der Waals surface area contributed by atoms with E-state index in [0.717, 1.165) is 25.2 Å². The number of likely N-dealkylation sites (tertiary alicyclic amines) is 1. The zero-order valence-corrected chi connectivity index (χ0v) is 14.4. The van der Waals surface area contributed by atoms with Crippen molar-refractivity contribution in [2.45, 2.75) is 31.5 Å². The zero-order valence-electron chi connectivity index (χ0n) is 14.4. The number of benzene rings is 2. The van der Waals surface area contributed by atoms with Crippen LogP contribution in [0, 0.1) is 5.82 Å². The van der Waals surface area contributed by atoms with Gasteiger partial charge in [-0.05, 0) is 43.2 Å². The lowest BCUT2D eigenvalue weighted by Gasteiger charge is -2.36. The molecule has 4 rings (SSSR count). The van der Waals surface area contributed by atoms with E-state index >= 15 is 0 Å². The average molecular weight is 338 g/mol. The lowest BCUT2D eigenvalue weighted by atomic mass is 9.94. The molecule has 2 unspecified atom stereocenters. The minimum Gasteiger partial charge on any atom is -0.369 e. The molecular formula is C20H23FN4. The molecule has 5 heteroatoms. The van der Waals surface area contributed by atoms with Crippen molar-refractivity contribution in [2.75, 3.05) is 18.0 Å². The van der Waals surface area contributed by atoms with Gasteiger partial charge in [0.2, 0.25) is 0 Å². The lowest BCUT2D eigenvalue weighted by molar-refractivity contribution is 0.253. The second kappa shape index (κ2) is 6.15. The Balaban J connectivity index is 1.59. The predicted molar refractivity (Wildman–Crippen MR) is 99.0 cm³/mol. The first-order chi connectivity index (χ1) is 12.1. The van der Waals surface area contributed by atoms with Gasteiger partial charge in [-0.3, -0.25) is 9.89 Å². The molecule has 0 aromatic heterocycles. The fourth-order valence-corrected chi connectivity index (χ4v) is 4.19. The number of guanidine groups is 1. The minimum absolute atomic E-state index is 0.143. The fourth-order valence-electron chi connectivity index (χ4n) is 4.19. The quantitative estimate of drug-likeness (QED) is 0.936. The summed E-state index contributed by atoms with van der Waals surface area (Å²) in [5, 5.41) is 0. The summed E-state index contributed by atoms with van der Waals surface area (Å²) in [6, 6.07) is 17.5. The predicted octanol–water partition coefficient (Wildman–Crippen LogP) is 2.99. The molecule has 0 saturated carbocycles. The molecule has 1 spiro atoms. The van der Waals surface area contributed by atoms with Gasteiger partial charge in [0.25, 0.3) is 0 Å². The van der Waals surface area contributed by atoms with E-state index in [9.17, 15) is 4.39 Å². The van der Waals surface area contributed by atoms with Crippen LogP contribution in [0.3, 0.4) is 0 Å². The van der Waals surface area contributed by atoms with E-state index in [-0.39, 0.29) is 11.4 Å². The monoisotopic (exact) mass is 338 g/mol. The van der Waals surface area contributed by atoms with Gasteiger partial charge in [-0.1, -0.05) is 30.3 Å². The molecule has 2 heterocycles. The summed E-state index contributed by atoms with van der Waals surface area (Å²) < 4.78 is 13.3. The van der Waals surface area contributed by atoms with Crippen molar-refractivity contribution in [1.29, 1.82) is 0 Å². The van der Waals surface area contributed by atoms with Crippen molar-refractivity contribution in [3.05, 3.63) is 66.0 Å². The Morgan fingerprint density at radius 2 is 1.88 bits per heavy atom. The first-order valence-electron chi connectivity index (χ1n) is 8.71. The molecule has 2 aromatic rings. The number of nitrogens with zero attached hydrogens (tertiary/aromatic N) is 3. The van der Waals surface area contributed by atoms with E-state index in [1.807, 2.05) is 6.07 Å². The van der Waals surface area contributed by atoms with E-state index in [0.29, 0.717) is 18.5 Å². The molecule has 2 aromatic carbocycles. The second-order valence-electron chi connectivity index (χ2n) is 7.15. The van der Waals surface area contributed by atoms with Crippen LogP contribution in [0.1, 0.15) is 18.9 Å². The molecule has 0 amide bonds. The molecule has 2 aliphatic heterocycles. The van der Waals surface area contributed by atoms with E-state index < -0.39 is 0 Å². The van der Waals surface area contributed by atoms with E-state index in [4.69, 9.17) is 5.73 Å². The minimum atomic E-state index is -0.238. The second-order valence-corrected chi connectivity index (χ2v) is 7.15. The van der Waals surface area contributed by atoms with E-state index in [1.165, 1.54) is 17.7 Å². The van der Waals surface area contributed by atoms with Crippen molar-refractivity contribution in [3.8, 4) is 0 Å². The van der Waals surface area contributed by atoms with Gasteiger partial charge < -0.3 is 10.6 Å². The Hall–Kier alpha value is -2.40. The van der Waals surface area contributed by atoms with Gasteiger partial charge in [0.05, 0.1) is 12.1 Å². The van der Waals surface area contributed by atoms with Crippen LogP contribution in [0.25, 0.3) is 0 Å². The highest BCUT2D eigenvalue weighted by Crippen LogP contribution is 2.39. The van der Waals surface area contributed by atoms with Gasteiger partial charge in [-0.2, -0.15) is 0 Å². The Labute approximate surface area is 147 Å². The van der Waals surface area contributed by atoms with Crippen LogP contribution in [-0.2, 0) is 6.54 Å². The third-order valence-corrected chi connectivity index (χ3v) is 5.35. The van der Waals surface area contributed by atoms with Crippen molar-refractivity contribution in [1.82, 2.24) is 4.90 Å². The van der Waals surface area contributed by atoms with E-state index in [2.05, 4.69) is 46.0 Å².